The lowest BCUT2D eigenvalue weighted by molar-refractivity contribution is -0.137. The molecule has 0 bridgehead atoms. The number of carbonyl (C=O) groups is 1. The summed E-state index contributed by atoms with van der Waals surface area (Å²) in [4.78, 5) is 18.2. The van der Waals surface area contributed by atoms with E-state index in [9.17, 15) is 9.90 Å². The maximum absolute atomic E-state index is 11.9. The molecule has 0 saturated carbocycles. The zero-order valence-electron chi connectivity index (χ0n) is 14.3. The Balaban J connectivity index is 2.48. The Morgan fingerprint density at radius 3 is 2.64 bits per heavy atom. The summed E-state index contributed by atoms with van der Waals surface area (Å²) in [5, 5.41) is 10.6. The van der Waals surface area contributed by atoms with Crippen LogP contribution in [0.4, 0.5) is 5.69 Å². The van der Waals surface area contributed by atoms with Crippen LogP contribution >= 0.6 is 23.2 Å². The van der Waals surface area contributed by atoms with Crippen LogP contribution in [0.25, 0.3) is 0 Å². The molecular weight excluding hydrogens is 359 g/mol. The summed E-state index contributed by atoms with van der Waals surface area (Å²) in [6.45, 7) is 4.75. The lowest BCUT2D eigenvalue weighted by Gasteiger charge is -2.17. The van der Waals surface area contributed by atoms with Crippen molar-refractivity contribution in [3.8, 4) is 0 Å². The number of aliphatic imine (C=N–C) groups is 1. The third-order valence-corrected chi connectivity index (χ3v) is 4.51. The predicted molar refractivity (Wildman–Crippen MR) is 104 cm³/mol. The molecule has 4 nitrogen and oxygen atoms in total. The first-order chi connectivity index (χ1) is 11.8. The molecule has 0 aliphatic rings. The summed E-state index contributed by atoms with van der Waals surface area (Å²) in [6, 6.07) is 10.3. The summed E-state index contributed by atoms with van der Waals surface area (Å²) < 4.78 is 0. The number of carboxylic acid groups (broad SMARTS) is 1. The van der Waals surface area contributed by atoms with Crippen LogP contribution in [0.5, 0.6) is 0 Å². The average molecular weight is 379 g/mol. The van der Waals surface area contributed by atoms with E-state index >= 15 is 0 Å². The van der Waals surface area contributed by atoms with Crippen molar-refractivity contribution < 1.29 is 9.90 Å². The van der Waals surface area contributed by atoms with Gasteiger partial charge in [-0.25, -0.2) is 4.99 Å². The smallest absolute Gasteiger partial charge is 0.315 e. The molecule has 25 heavy (non-hydrogen) atoms. The Morgan fingerprint density at radius 2 is 2.04 bits per heavy atom. The van der Waals surface area contributed by atoms with Crippen LogP contribution in [-0.4, -0.2) is 35.9 Å². The Labute approximate surface area is 157 Å². The van der Waals surface area contributed by atoms with Crippen LogP contribution in [0.3, 0.4) is 0 Å². The molecule has 0 saturated heterocycles. The third kappa shape index (κ3) is 4.74. The van der Waals surface area contributed by atoms with Gasteiger partial charge in [0.2, 0.25) is 0 Å². The first-order valence-electron chi connectivity index (χ1n) is 7.86. The number of hydrogen-bond acceptors (Lipinski definition) is 2. The van der Waals surface area contributed by atoms with E-state index in [1.807, 2.05) is 25.8 Å². The van der Waals surface area contributed by atoms with E-state index in [2.05, 4.69) is 4.99 Å². The van der Waals surface area contributed by atoms with E-state index in [0.717, 1.165) is 12.1 Å². The zero-order valence-corrected chi connectivity index (χ0v) is 15.8. The van der Waals surface area contributed by atoms with Gasteiger partial charge in [0.1, 0.15) is 5.92 Å². The van der Waals surface area contributed by atoms with Gasteiger partial charge in [-0.15, -0.1) is 0 Å². The quantitative estimate of drug-likeness (QED) is 0.559. The maximum Gasteiger partial charge on any atom is 0.315 e. The van der Waals surface area contributed by atoms with Gasteiger partial charge in [0, 0.05) is 23.6 Å². The molecule has 0 aliphatic carbocycles. The van der Waals surface area contributed by atoms with Gasteiger partial charge in [-0.05, 0) is 48.7 Å². The van der Waals surface area contributed by atoms with Crippen LogP contribution in [-0.2, 0) is 4.79 Å². The number of aryl methyl sites for hydroxylation is 1. The largest absolute Gasteiger partial charge is 0.481 e. The Kier molecular flexibility index (Phi) is 6.45. The molecule has 132 valence electrons. The lowest BCUT2D eigenvalue weighted by atomic mass is 9.90. The van der Waals surface area contributed by atoms with Gasteiger partial charge in [-0.1, -0.05) is 41.4 Å². The first kappa shape index (κ1) is 19.3. The van der Waals surface area contributed by atoms with E-state index < -0.39 is 11.9 Å². The number of rotatable bonds is 6. The van der Waals surface area contributed by atoms with Crippen molar-refractivity contribution in [2.24, 2.45) is 4.99 Å². The molecule has 6 heteroatoms. The number of benzene rings is 2. The SMILES string of the molecule is CCN(C)C=Nc1cc(Cl)c(C(C(=O)O)c2cccc(Cl)c2)cc1C. The van der Waals surface area contributed by atoms with Gasteiger partial charge in [0.05, 0.1) is 12.0 Å². The molecule has 0 aromatic heterocycles. The summed E-state index contributed by atoms with van der Waals surface area (Å²) in [5.74, 6) is -1.87. The monoisotopic (exact) mass is 378 g/mol. The standard InChI is InChI=1S/C19H20Cl2N2O2/c1-4-23(3)11-22-17-10-16(21)15(8-12(17)2)18(19(24)25)13-6-5-7-14(20)9-13/h5-11,18H,4H2,1-3H3,(H,24,25). The van der Waals surface area contributed by atoms with Crippen LogP contribution in [0.15, 0.2) is 41.4 Å². The molecule has 0 heterocycles. The molecule has 0 amide bonds. The van der Waals surface area contributed by atoms with Gasteiger partial charge in [0.15, 0.2) is 0 Å². The van der Waals surface area contributed by atoms with Crippen molar-refractivity contribution >= 4 is 41.2 Å². The minimum Gasteiger partial charge on any atom is -0.481 e. The van der Waals surface area contributed by atoms with Gasteiger partial charge >= 0.3 is 5.97 Å². The normalized spacial score (nSPS) is 12.4. The second-order valence-corrected chi connectivity index (χ2v) is 6.65. The minimum atomic E-state index is -0.981. The fourth-order valence-corrected chi connectivity index (χ4v) is 2.90. The van der Waals surface area contributed by atoms with Gasteiger partial charge in [0.25, 0.3) is 0 Å². The highest BCUT2D eigenvalue weighted by atomic mass is 35.5. The summed E-state index contributed by atoms with van der Waals surface area (Å²) >= 11 is 12.4. The highest BCUT2D eigenvalue weighted by Gasteiger charge is 2.25. The summed E-state index contributed by atoms with van der Waals surface area (Å²) in [5.41, 5.74) is 2.68. The van der Waals surface area contributed by atoms with Crippen molar-refractivity contribution in [1.29, 1.82) is 0 Å². The topological polar surface area (TPSA) is 52.9 Å². The van der Waals surface area contributed by atoms with Crippen LogP contribution in [0, 0.1) is 6.92 Å². The molecule has 0 aliphatic heterocycles. The van der Waals surface area contributed by atoms with Gasteiger partial charge in [-0.2, -0.15) is 0 Å². The first-order valence-corrected chi connectivity index (χ1v) is 8.61. The average Bonchev–Trinajstić information content (AvgIpc) is 2.56. The molecule has 2 aromatic carbocycles. The number of halogens is 2. The second kappa shape index (κ2) is 8.37. The van der Waals surface area contributed by atoms with E-state index in [-0.39, 0.29) is 0 Å². The molecule has 1 atom stereocenters. The Morgan fingerprint density at radius 1 is 1.32 bits per heavy atom. The lowest BCUT2D eigenvalue weighted by Crippen LogP contribution is -2.15. The molecular formula is C19H20Cl2N2O2. The van der Waals surface area contributed by atoms with Crippen molar-refractivity contribution in [3.05, 3.63) is 63.1 Å². The molecule has 0 radical (unpaired) electrons. The highest BCUT2D eigenvalue weighted by molar-refractivity contribution is 6.32. The number of nitrogens with zero attached hydrogens (tertiary/aromatic N) is 2. The third-order valence-electron chi connectivity index (χ3n) is 3.95. The fraction of sp³-hybridized carbons (Fsp3) is 0.263. The van der Waals surface area contributed by atoms with Gasteiger partial charge < -0.3 is 10.0 Å². The summed E-state index contributed by atoms with van der Waals surface area (Å²) in [7, 11) is 1.93. The molecule has 2 rings (SSSR count). The summed E-state index contributed by atoms with van der Waals surface area (Å²) in [6.07, 6.45) is 1.73. The van der Waals surface area contributed by atoms with E-state index in [0.29, 0.717) is 26.9 Å². The van der Waals surface area contributed by atoms with Crippen molar-refractivity contribution in [2.75, 3.05) is 13.6 Å². The van der Waals surface area contributed by atoms with E-state index in [1.54, 1.807) is 42.7 Å². The van der Waals surface area contributed by atoms with Crippen molar-refractivity contribution in [2.45, 2.75) is 19.8 Å². The molecule has 2 aromatic rings. The van der Waals surface area contributed by atoms with Crippen LogP contribution in [0.1, 0.15) is 29.5 Å². The molecule has 0 fully saturated rings. The number of hydrogen-bond donors (Lipinski definition) is 1. The molecule has 1 unspecified atom stereocenters. The minimum absolute atomic E-state index is 0.365. The van der Waals surface area contributed by atoms with E-state index in [4.69, 9.17) is 23.2 Å². The second-order valence-electron chi connectivity index (χ2n) is 5.80. The maximum atomic E-state index is 11.9. The predicted octanol–water partition coefficient (Wildman–Crippen LogP) is 5.13. The zero-order chi connectivity index (χ0) is 18.6. The number of carboxylic acids is 1. The van der Waals surface area contributed by atoms with Crippen molar-refractivity contribution in [1.82, 2.24) is 4.90 Å². The van der Waals surface area contributed by atoms with Crippen LogP contribution < -0.4 is 0 Å². The number of aliphatic carboxylic acids is 1. The Hall–Kier alpha value is -2.04. The molecule has 1 N–H and O–H groups in total. The molecule has 0 spiro atoms. The van der Waals surface area contributed by atoms with Crippen LogP contribution in [0.2, 0.25) is 10.0 Å². The fourth-order valence-electron chi connectivity index (χ4n) is 2.44. The Bertz CT molecular complexity index is 806. The van der Waals surface area contributed by atoms with E-state index in [1.165, 1.54) is 0 Å². The highest BCUT2D eigenvalue weighted by Crippen LogP contribution is 2.36. The van der Waals surface area contributed by atoms with Gasteiger partial charge in [-0.3, -0.25) is 4.79 Å². The van der Waals surface area contributed by atoms with Crippen molar-refractivity contribution in [3.63, 3.8) is 0 Å².